The SMILES string of the molecule is O=C(NC(c1ccccc1)c1ccccc1)OC1CCN(CCCCCCCCCN2C(=O)c3ccccc3C2=O)CC1. The molecule has 2 aliphatic heterocycles. The molecule has 226 valence electrons. The Kier molecular flexibility index (Phi) is 11.0. The third-order valence-electron chi connectivity index (χ3n) is 8.57. The molecule has 0 radical (unpaired) electrons. The van der Waals surface area contributed by atoms with Gasteiger partial charge in [-0.1, -0.05) is 105 Å². The van der Waals surface area contributed by atoms with Crippen LogP contribution in [0, 0.1) is 0 Å². The predicted molar refractivity (Wildman–Crippen MR) is 168 cm³/mol. The zero-order chi connectivity index (χ0) is 29.9. The molecule has 0 aliphatic carbocycles. The lowest BCUT2D eigenvalue weighted by atomic mass is 9.99. The molecular weight excluding hydrogens is 538 g/mol. The third kappa shape index (κ3) is 8.32. The Balaban J connectivity index is 0.911. The first-order valence-electron chi connectivity index (χ1n) is 15.8. The van der Waals surface area contributed by atoms with Crippen LogP contribution in [0.1, 0.15) is 95.7 Å². The number of amides is 3. The normalized spacial score (nSPS) is 15.6. The van der Waals surface area contributed by atoms with Crippen LogP contribution in [-0.2, 0) is 4.74 Å². The summed E-state index contributed by atoms with van der Waals surface area (Å²) in [7, 11) is 0. The molecule has 0 spiro atoms. The van der Waals surface area contributed by atoms with Gasteiger partial charge < -0.3 is 15.0 Å². The van der Waals surface area contributed by atoms with Gasteiger partial charge in [-0.25, -0.2) is 4.79 Å². The van der Waals surface area contributed by atoms with Gasteiger partial charge in [-0.3, -0.25) is 14.5 Å². The summed E-state index contributed by atoms with van der Waals surface area (Å²) in [4.78, 5) is 41.6. The van der Waals surface area contributed by atoms with Crippen LogP contribution in [0.5, 0.6) is 0 Å². The fourth-order valence-corrected chi connectivity index (χ4v) is 6.14. The molecule has 2 aliphatic rings. The number of nitrogens with zero attached hydrogens (tertiary/aromatic N) is 2. The molecule has 5 rings (SSSR count). The monoisotopic (exact) mass is 581 g/mol. The van der Waals surface area contributed by atoms with Crippen LogP contribution in [0.2, 0.25) is 0 Å². The number of fused-ring (bicyclic) bond motifs is 1. The van der Waals surface area contributed by atoms with Gasteiger partial charge in [0, 0.05) is 19.6 Å². The Hall–Kier alpha value is -3.97. The van der Waals surface area contributed by atoms with Crippen molar-refractivity contribution in [1.29, 1.82) is 0 Å². The fraction of sp³-hybridized carbons (Fsp3) is 0.417. The number of carbonyl (C=O) groups is 3. The number of benzene rings is 3. The van der Waals surface area contributed by atoms with E-state index in [1.165, 1.54) is 30.6 Å². The fourth-order valence-electron chi connectivity index (χ4n) is 6.14. The molecule has 43 heavy (non-hydrogen) atoms. The van der Waals surface area contributed by atoms with Crippen molar-refractivity contribution in [2.24, 2.45) is 0 Å². The number of imide groups is 1. The van der Waals surface area contributed by atoms with E-state index in [-0.39, 0.29) is 30.1 Å². The van der Waals surface area contributed by atoms with Crippen molar-refractivity contribution < 1.29 is 19.1 Å². The molecule has 3 aromatic carbocycles. The number of likely N-dealkylation sites (tertiary alicyclic amines) is 1. The summed E-state index contributed by atoms with van der Waals surface area (Å²) in [6, 6.07) is 26.8. The van der Waals surface area contributed by atoms with E-state index in [1.54, 1.807) is 24.3 Å². The van der Waals surface area contributed by atoms with Gasteiger partial charge in [0.1, 0.15) is 6.10 Å². The van der Waals surface area contributed by atoms with Crippen molar-refractivity contribution >= 4 is 17.9 Å². The summed E-state index contributed by atoms with van der Waals surface area (Å²) < 4.78 is 5.85. The molecule has 1 saturated heterocycles. The van der Waals surface area contributed by atoms with E-state index in [1.807, 2.05) is 60.7 Å². The lowest BCUT2D eigenvalue weighted by molar-refractivity contribution is 0.0492. The van der Waals surface area contributed by atoms with Gasteiger partial charge >= 0.3 is 6.09 Å². The van der Waals surface area contributed by atoms with Gasteiger partial charge in [0.2, 0.25) is 0 Å². The standard InChI is InChI=1S/C36H43N3O4/c40-34-31-20-12-13-21-32(31)35(41)39(34)25-15-5-3-1-2-4-14-24-38-26-22-30(23-27-38)43-36(42)37-33(28-16-8-6-9-17-28)29-18-10-7-11-19-29/h6-13,16-21,30,33H,1-5,14-15,22-27H2,(H,37,42). The van der Waals surface area contributed by atoms with E-state index in [0.29, 0.717) is 17.7 Å². The molecule has 2 heterocycles. The van der Waals surface area contributed by atoms with E-state index in [4.69, 9.17) is 4.74 Å². The number of piperidine rings is 1. The van der Waals surface area contributed by atoms with Crippen LogP contribution in [0.3, 0.4) is 0 Å². The van der Waals surface area contributed by atoms with Crippen LogP contribution in [-0.4, -0.2) is 60.0 Å². The lowest BCUT2D eigenvalue weighted by Crippen LogP contribution is -2.40. The van der Waals surface area contributed by atoms with Crippen molar-refractivity contribution in [3.63, 3.8) is 0 Å². The number of unbranched alkanes of at least 4 members (excludes halogenated alkanes) is 6. The first kappa shape index (κ1) is 30.5. The number of hydrogen-bond acceptors (Lipinski definition) is 5. The molecule has 7 heteroatoms. The number of rotatable bonds is 14. The van der Waals surface area contributed by atoms with E-state index < -0.39 is 0 Å². The van der Waals surface area contributed by atoms with E-state index in [2.05, 4.69) is 10.2 Å². The number of carbonyl (C=O) groups excluding carboxylic acids is 3. The maximum Gasteiger partial charge on any atom is 0.408 e. The van der Waals surface area contributed by atoms with Crippen LogP contribution in [0.15, 0.2) is 84.9 Å². The van der Waals surface area contributed by atoms with Gasteiger partial charge in [0.15, 0.2) is 0 Å². The van der Waals surface area contributed by atoms with Gasteiger partial charge in [-0.15, -0.1) is 0 Å². The molecule has 1 N–H and O–H groups in total. The summed E-state index contributed by atoms with van der Waals surface area (Å²) in [5.41, 5.74) is 3.12. The molecule has 0 bridgehead atoms. The highest BCUT2D eigenvalue weighted by Crippen LogP contribution is 2.24. The smallest absolute Gasteiger partial charge is 0.408 e. The van der Waals surface area contributed by atoms with Gasteiger partial charge in [-0.2, -0.15) is 0 Å². The van der Waals surface area contributed by atoms with E-state index in [0.717, 1.165) is 62.9 Å². The van der Waals surface area contributed by atoms with Gasteiger partial charge in [0.05, 0.1) is 17.2 Å². The van der Waals surface area contributed by atoms with Crippen molar-refractivity contribution in [1.82, 2.24) is 15.1 Å². The Bertz CT molecular complexity index is 1260. The second kappa shape index (κ2) is 15.5. The van der Waals surface area contributed by atoms with Crippen LogP contribution in [0.4, 0.5) is 4.79 Å². The maximum absolute atomic E-state index is 12.9. The summed E-state index contributed by atoms with van der Waals surface area (Å²) in [6.07, 6.45) is 9.10. The van der Waals surface area contributed by atoms with Crippen LogP contribution >= 0.6 is 0 Å². The summed E-state index contributed by atoms with van der Waals surface area (Å²) in [5, 5.41) is 3.09. The highest BCUT2D eigenvalue weighted by atomic mass is 16.6. The predicted octanol–water partition coefficient (Wildman–Crippen LogP) is 6.99. The molecule has 7 nitrogen and oxygen atoms in total. The maximum atomic E-state index is 12.9. The Morgan fingerprint density at radius 1 is 0.674 bits per heavy atom. The summed E-state index contributed by atoms with van der Waals surface area (Å²) in [5.74, 6) is -0.307. The number of alkyl carbamates (subject to hydrolysis) is 1. The van der Waals surface area contributed by atoms with Crippen molar-refractivity contribution in [3.8, 4) is 0 Å². The van der Waals surface area contributed by atoms with Crippen LogP contribution < -0.4 is 5.32 Å². The minimum absolute atomic E-state index is 0.0521. The Morgan fingerprint density at radius 3 is 1.67 bits per heavy atom. The van der Waals surface area contributed by atoms with Crippen molar-refractivity contribution in [2.45, 2.75) is 69.9 Å². The molecule has 3 aromatic rings. The highest BCUT2D eigenvalue weighted by molar-refractivity contribution is 6.21. The molecule has 0 atom stereocenters. The Morgan fingerprint density at radius 2 is 1.14 bits per heavy atom. The Labute approximate surface area is 255 Å². The average Bonchev–Trinajstić information content (AvgIpc) is 3.29. The molecule has 0 aromatic heterocycles. The molecule has 0 saturated carbocycles. The van der Waals surface area contributed by atoms with Gasteiger partial charge in [0.25, 0.3) is 11.8 Å². The first-order chi connectivity index (χ1) is 21.1. The van der Waals surface area contributed by atoms with Crippen LogP contribution in [0.25, 0.3) is 0 Å². The topological polar surface area (TPSA) is 79.0 Å². The second-order valence-corrected chi connectivity index (χ2v) is 11.6. The average molecular weight is 582 g/mol. The summed E-state index contributed by atoms with van der Waals surface area (Å²) >= 11 is 0. The first-order valence-corrected chi connectivity index (χ1v) is 15.8. The number of nitrogens with one attached hydrogen (secondary N) is 1. The zero-order valence-electron chi connectivity index (χ0n) is 25.0. The van der Waals surface area contributed by atoms with Crippen molar-refractivity contribution in [3.05, 3.63) is 107 Å². The largest absolute Gasteiger partial charge is 0.446 e. The zero-order valence-corrected chi connectivity index (χ0v) is 25.0. The number of hydrogen-bond donors (Lipinski definition) is 1. The molecular formula is C36H43N3O4. The van der Waals surface area contributed by atoms with E-state index in [9.17, 15) is 14.4 Å². The minimum atomic E-state index is -0.361. The molecule has 1 fully saturated rings. The highest BCUT2D eigenvalue weighted by Gasteiger charge is 2.34. The third-order valence-corrected chi connectivity index (χ3v) is 8.57. The number of ether oxygens (including phenoxy) is 1. The molecule has 3 amide bonds. The summed E-state index contributed by atoms with van der Waals surface area (Å²) in [6.45, 7) is 3.50. The van der Waals surface area contributed by atoms with Gasteiger partial charge in [-0.05, 0) is 55.5 Å². The van der Waals surface area contributed by atoms with Crippen molar-refractivity contribution in [2.75, 3.05) is 26.2 Å². The lowest BCUT2D eigenvalue weighted by Gasteiger charge is -2.32. The molecule has 0 unspecified atom stereocenters. The second-order valence-electron chi connectivity index (χ2n) is 11.6. The quantitative estimate of drug-likeness (QED) is 0.164. The van der Waals surface area contributed by atoms with E-state index >= 15 is 0 Å². The minimum Gasteiger partial charge on any atom is -0.446 e.